The minimum atomic E-state index is -0.517. The molecule has 0 aliphatic rings. The summed E-state index contributed by atoms with van der Waals surface area (Å²) in [5.74, 6) is 0.218. The SMILES string of the molecule is CC(C)CCOCCNc1nc(Cl)ncc1F. The van der Waals surface area contributed by atoms with Crippen molar-refractivity contribution in [1.82, 2.24) is 9.97 Å². The minimum Gasteiger partial charge on any atom is -0.380 e. The molecular formula is C11H17ClFN3O. The van der Waals surface area contributed by atoms with Gasteiger partial charge in [-0.1, -0.05) is 13.8 Å². The molecule has 0 fully saturated rings. The third-order valence-electron chi connectivity index (χ3n) is 2.09. The molecule has 1 aromatic heterocycles. The van der Waals surface area contributed by atoms with Crippen LogP contribution in [0.4, 0.5) is 10.2 Å². The molecule has 1 rings (SSSR count). The number of halogens is 2. The van der Waals surface area contributed by atoms with Crippen LogP contribution in [0.3, 0.4) is 0 Å². The van der Waals surface area contributed by atoms with E-state index in [4.69, 9.17) is 16.3 Å². The molecule has 0 aliphatic heterocycles. The number of hydrogen-bond donors (Lipinski definition) is 1. The quantitative estimate of drug-likeness (QED) is 0.606. The second-order valence-electron chi connectivity index (χ2n) is 4.06. The van der Waals surface area contributed by atoms with Crippen molar-refractivity contribution in [3.63, 3.8) is 0 Å². The Balaban J connectivity index is 2.20. The van der Waals surface area contributed by atoms with Crippen molar-refractivity contribution in [2.75, 3.05) is 25.1 Å². The number of rotatable bonds is 7. The van der Waals surface area contributed by atoms with Crippen LogP contribution in [0.25, 0.3) is 0 Å². The third-order valence-corrected chi connectivity index (χ3v) is 2.28. The summed E-state index contributed by atoms with van der Waals surface area (Å²) < 4.78 is 18.5. The van der Waals surface area contributed by atoms with Gasteiger partial charge in [0.05, 0.1) is 12.8 Å². The van der Waals surface area contributed by atoms with Gasteiger partial charge in [0.2, 0.25) is 5.28 Å². The first-order valence-corrected chi connectivity index (χ1v) is 5.97. The van der Waals surface area contributed by atoms with Crippen LogP contribution in [0.15, 0.2) is 6.20 Å². The van der Waals surface area contributed by atoms with Crippen molar-refractivity contribution < 1.29 is 9.13 Å². The van der Waals surface area contributed by atoms with Gasteiger partial charge in [-0.2, -0.15) is 4.98 Å². The van der Waals surface area contributed by atoms with Gasteiger partial charge in [-0.05, 0) is 23.9 Å². The molecule has 4 nitrogen and oxygen atoms in total. The maximum atomic E-state index is 13.2. The summed E-state index contributed by atoms with van der Waals surface area (Å²) in [4.78, 5) is 7.26. The Morgan fingerprint density at radius 1 is 1.47 bits per heavy atom. The topological polar surface area (TPSA) is 47.0 Å². The van der Waals surface area contributed by atoms with Gasteiger partial charge in [-0.15, -0.1) is 0 Å². The first-order valence-electron chi connectivity index (χ1n) is 5.59. The molecule has 1 heterocycles. The summed E-state index contributed by atoms with van der Waals surface area (Å²) in [6.45, 7) is 5.99. The zero-order valence-corrected chi connectivity index (χ0v) is 10.8. The zero-order chi connectivity index (χ0) is 12.7. The molecule has 0 aliphatic carbocycles. The minimum absolute atomic E-state index is 0.0228. The van der Waals surface area contributed by atoms with Crippen molar-refractivity contribution in [2.45, 2.75) is 20.3 Å². The summed E-state index contributed by atoms with van der Waals surface area (Å²) in [5.41, 5.74) is 0. The Morgan fingerprint density at radius 2 is 2.24 bits per heavy atom. The van der Waals surface area contributed by atoms with Gasteiger partial charge < -0.3 is 10.1 Å². The van der Waals surface area contributed by atoms with Gasteiger partial charge in [0.25, 0.3) is 0 Å². The van der Waals surface area contributed by atoms with E-state index < -0.39 is 5.82 Å². The van der Waals surface area contributed by atoms with Crippen LogP contribution in [0.1, 0.15) is 20.3 Å². The van der Waals surface area contributed by atoms with Crippen molar-refractivity contribution >= 4 is 17.4 Å². The fraction of sp³-hybridized carbons (Fsp3) is 0.636. The highest BCUT2D eigenvalue weighted by Gasteiger charge is 2.04. The normalized spacial score (nSPS) is 10.9. The highest BCUT2D eigenvalue weighted by atomic mass is 35.5. The molecule has 1 N–H and O–H groups in total. The lowest BCUT2D eigenvalue weighted by molar-refractivity contribution is 0.132. The highest BCUT2D eigenvalue weighted by molar-refractivity contribution is 6.28. The van der Waals surface area contributed by atoms with E-state index in [-0.39, 0.29) is 11.1 Å². The number of nitrogens with zero attached hydrogens (tertiary/aromatic N) is 2. The summed E-state index contributed by atoms with van der Waals surface area (Å²) in [7, 11) is 0. The molecule has 0 atom stereocenters. The molecule has 96 valence electrons. The Bertz CT molecular complexity index is 349. The molecule has 1 aromatic rings. The van der Waals surface area contributed by atoms with E-state index in [1.807, 2.05) is 0 Å². The molecule has 0 bridgehead atoms. The van der Waals surface area contributed by atoms with Crippen LogP contribution in [-0.4, -0.2) is 29.7 Å². The van der Waals surface area contributed by atoms with E-state index in [2.05, 4.69) is 29.1 Å². The second kappa shape index (κ2) is 7.40. The van der Waals surface area contributed by atoms with Gasteiger partial charge >= 0.3 is 0 Å². The van der Waals surface area contributed by atoms with Crippen LogP contribution in [-0.2, 0) is 4.74 Å². The molecule has 6 heteroatoms. The number of nitrogens with one attached hydrogen (secondary N) is 1. The predicted octanol–water partition coefficient (Wildman–Crippen LogP) is 2.74. The number of hydrogen-bond acceptors (Lipinski definition) is 4. The predicted molar refractivity (Wildman–Crippen MR) is 65.8 cm³/mol. The third kappa shape index (κ3) is 5.79. The monoisotopic (exact) mass is 261 g/mol. The number of ether oxygens (including phenoxy) is 1. The largest absolute Gasteiger partial charge is 0.380 e. The molecular weight excluding hydrogens is 245 g/mol. The lowest BCUT2D eigenvalue weighted by Crippen LogP contribution is -2.13. The Hall–Kier alpha value is -0.940. The molecule has 0 saturated carbocycles. The van der Waals surface area contributed by atoms with E-state index in [1.54, 1.807) is 0 Å². The summed E-state index contributed by atoms with van der Waals surface area (Å²) in [6.07, 6.45) is 2.06. The molecule has 0 saturated heterocycles. The summed E-state index contributed by atoms with van der Waals surface area (Å²) >= 11 is 5.55. The first kappa shape index (κ1) is 14.1. The van der Waals surface area contributed by atoms with Crippen molar-refractivity contribution in [2.24, 2.45) is 5.92 Å². The Kier molecular flexibility index (Phi) is 6.15. The maximum Gasteiger partial charge on any atom is 0.224 e. The maximum absolute atomic E-state index is 13.2. The van der Waals surface area contributed by atoms with Crippen molar-refractivity contribution in [3.8, 4) is 0 Å². The highest BCUT2D eigenvalue weighted by Crippen LogP contribution is 2.11. The van der Waals surface area contributed by atoms with E-state index in [0.29, 0.717) is 25.7 Å². The van der Waals surface area contributed by atoms with Crippen molar-refractivity contribution in [1.29, 1.82) is 0 Å². The molecule has 17 heavy (non-hydrogen) atoms. The van der Waals surface area contributed by atoms with Crippen molar-refractivity contribution in [3.05, 3.63) is 17.3 Å². The van der Waals surface area contributed by atoms with Crippen LogP contribution in [0.5, 0.6) is 0 Å². The Labute approximate surface area is 106 Å². The first-order chi connectivity index (χ1) is 8.09. The van der Waals surface area contributed by atoms with Crippen LogP contribution >= 0.6 is 11.6 Å². The standard InChI is InChI=1S/C11H17ClFN3O/c1-8(2)3-5-17-6-4-14-10-9(13)7-15-11(12)16-10/h7-8H,3-6H2,1-2H3,(H,14,15,16). The van der Waals surface area contributed by atoms with Gasteiger partial charge in [0.1, 0.15) is 0 Å². The van der Waals surface area contributed by atoms with Crippen LogP contribution in [0.2, 0.25) is 5.28 Å². The molecule has 0 radical (unpaired) electrons. The Morgan fingerprint density at radius 3 is 2.94 bits per heavy atom. The zero-order valence-electron chi connectivity index (χ0n) is 10.0. The summed E-state index contributed by atoms with van der Waals surface area (Å²) in [6, 6.07) is 0. The molecule has 0 unspecified atom stereocenters. The fourth-order valence-electron chi connectivity index (χ4n) is 1.13. The molecule has 0 amide bonds. The van der Waals surface area contributed by atoms with E-state index in [9.17, 15) is 4.39 Å². The van der Waals surface area contributed by atoms with Gasteiger partial charge in [0, 0.05) is 13.2 Å². The molecule has 0 spiro atoms. The lowest BCUT2D eigenvalue weighted by atomic mass is 10.1. The number of aromatic nitrogens is 2. The van der Waals surface area contributed by atoms with Gasteiger partial charge in [-0.25, -0.2) is 9.37 Å². The van der Waals surface area contributed by atoms with E-state index >= 15 is 0 Å². The van der Waals surface area contributed by atoms with Crippen LogP contribution in [0, 0.1) is 11.7 Å². The average Bonchev–Trinajstić information content (AvgIpc) is 2.27. The van der Waals surface area contributed by atoms with Gasteiger partial charge in [-0.3, -0.25) is 0 Å². The fourth-order valence-corrected chi connectivity index (χ4v) is 1.27. The average molecular weight is 262 g/mol. The van der Waals surface area contributed by atoms with E-state index in [0.717, 1.165) is 12.6 Å². The second-order valence-corrected chi connectivity index (χ2v) is 4.40. The number of anilines is 1. The van der Waals surface area contributed by atoms with Crippen LogP contribution < -0.4 is 5.32 Å². The lowest BCUT2D eigenvalue weighted by Gasteiger charge is -2.08. The summed E-state index contributed by atoms with van der Waals surface area (Å²) in [5, 5.41) is 2.83. The smallest absolute Gasteiger partial charge is 0.224 e. The van der Waals surface area contributed by atoms with Gasteiger partial charge in [0.15, 0.2) is 11.6 Å². The van der Waals surface area contributed by atoms with E-state index in [1.165, 1.54) is 0 Å². The molecule has 0 aromatic carbocycles.